The molecule has 5 aliphatic rings. The molecule has 5 saturated carbocycles. The number of hydrogen-bond acceptors (Lipinski definition) is 3. The van der Waals surface area contributed by atoms with Crippen LogP contribution < -0.4 is 10.6 Å². The first-order chi connectivity index (χ1) is 18.4. The van der Waals surface area contributed by atoms with Gasteiger partial charge < -0.3 is 15.6 Å². The summed E-state index contributed by atoms with van der Waals surface area (Å²) in [5.41, 5.74) is 4.03. The van der Waals surface area contributed by atoms with E-state index in [-0.39, 0.29) is 23.3 Å². The lowest BCUT2D eigenvalue weighted by Gasteiger charge is -2.55. The second-order valence-electron chi connectivity index (χ2n) is 13.0. The van der Waals surface area contributed by atoms with Gasteiger partial charge in [-0.2, -0.15) is 0 Å². The van der Waals surface area contributed by atoms with Crippen LogP contribution in [0, 0.1) is 29.1 Å². The quantitative estimate of drug-likeness (QED) is 0.357. The molecule has 0 unspecified atom stereocenters. The van der Waals surface area contributed by atoms with Gasteiger partial charge >= 0.3 is 0 Å². The minimum Gasteiger partial charge on any atom is -0.349 e. The van der Waals surface area contributed by atoms with Crippen LogP contribution >= 0.6 is 0 Å². The first-order valence-electron chi connectivity index (χ1n) is 14.6. The Balaban J connectivity index is 1.03. The molecule has 6 nitrogen and oxygen atoms in total. The average molecular weight is 511 g/mol. The van der Waals surface area contributed by atoms with E-state index >= 15 is 0 Å². The molecule has 6 heteroatoms. The van der Waals surface area contributed by atoms with E-state index in [0.29, 0.717) is 5.56 Å². The normalized spacial score (nSPS) is 31.9. The summed E-state index contributed by atoms with van der Waals surface area (Å²) in [7, 11) is 0. The van der Waals surface area contributed by atoms with Crippen molar-refractivity contribution < 1.29 is 9.59 Å². The van der Waals surface area contributed by atoms with Crippen molar-refractivity contribution >= 4 is 28.5 Å². The van der Waals surface area contributed by atoms with E-state index in [2.05, 4.69) is 22.5 Å². The molecule has 1 heterocycles. The Bertz CT molecular complexity index is 1330. The summed E-state index contributed by atoms with van der Waals surface area (Å²) in [4.78, 5) is 34.4. The Morgan fingerprint density at radius 1 is 0.895 bits per heavy atom. The number of benzene rings is 2. The maximum atomic E-state index is 13.5. The maximum absolute atomic E-state index is 13.5. The monoisotopic (exact) mass is 510 g/mol. The summed E-state index contributed by atoms with van der Waals surface area (Å²) < 4.78 is 0. The van der Waals surface area contributed by atoms with Gasteiger partial charge in [-0.25, -0.2) is 4.98 Å². The molecule has 3 N–H and O–H groups in total. The van der Waals surface area contributed by atoms with Crippen molar-refractivity contribution in [3.63, 3.8) is 0 Å². The third-order valence-electron chi connectivity index (χ3n) is 10.0. The zero-order chi connectivity index (χ0) is 25.9. The topological polar surface area (TPSA) is 86.9 Å². The van der Waals surface area contributed by atoms with Crippen molar-refractivity contribution in [3.05, 3.63) is 48.0 Å². The zero-order valence-corrected chi connectivity index (χ0v) is 22.3. The molecule has 0 radical (unpaired) electrons. The predicted molar refractivity (Wildman–Crippen MR) is 150 cm³/mol. The summed E-state index contributed by atoms with van der Waals surface area (Å²) in [6.45, 7) is 2.29. The van der Waals surface area contributed by atoms with Crippen molar-refractivity contribution in [2.75, 3.05) is 5.32 Å². The molecule has 2 amide bonds. The number of hydrogen-bond donors (Lipinski definition) is 3. The molecule has 0 aliphatic heterocycles. The number of H-pyrrole nitrogens is 1. The first-order valence-corrected chi connectivity index (χ1v) is 14.6. The molecular formula is C32H38N4O2. The van der Waals surface area contributed by atoms with Crippen LogP contribution in [0.25, 0.3) is 22.4 Å². The summed E-state index contributed by atoms with van der Waals surface area (Å²) in [5, 5.41) is 6.46. The third kappa shape index (κ3) is 4.42. The van der Waals surface area contributed by atoms with E-state index in [1.54, 1.807) is 0 Å². The number of nitrogens with zero attached hydrogens (tertiary/aromatic N) is 1. The number of imidazole rings is 1. The van der Waals surface area contributed by atoms with Crippen LogP contribution in [-0.2, 0) is 4.79 Å². The van der Waals surface area contributed by atoms with Crippen LogP contribution in [0.5, 0.6) is 0 Å². The van der Waals surface area contributed by atoms with Gasteiger partial charge in [0.1, 0.15) is 5.82 Å². The zero-order valence-electron chi connectivity index (χ0n) is 22.3. The Morgan fingerprint density at radius 3 is 2.21 bits per heavy atom. The van der Waals surface area contributed by atoms with Crippen LogP contribution in [0.3, 0.4) is 0 Å². The van der Waals surface area contributed by atoms with Crippen molar-refractivity contribution in [2.24, 2.45) is 29.1 Å². The molecule has 0 atom stereocenters. The fraction of sp³-hybridized carbons (Fsp3) is 0.531. The van der Waals surface area contributed by atoms with Crippen LogP contribution in [-0.4, -0.2) is 27.8 Å². The average Bonchev–Trinajstić information content (AvgIpc) is 3.33. The Hall–Kier alpha value is -3.15. The molecule has 4 bridgehead atoms. The molecule has 5 aliphatic carbocycles. The minimum absolute atomic E-state index is 0.000107. The highest BCUT2D eigenvalue weighted by Crippen LogP contribution is 2.60. The second-order valence-corrected chi connectivity index (χ2v) is 13.0. The number of fused-ring (bicyclic) bond motifs is 1. The lowest BCUT2D eigenvalue weighted by molar-refractivity contribution is -0.140. The van der Waals surface area contributed by atoms with E-state index < -0.39 is 0 Å². The van der Waals surface area contributed by atoms with Gasteiger partial charge in [0.25, 0.3) is 5.91 Å². The summed E-state index contributed by atoms with van der Waals surface area (Å²) in [6.07, 6.45) is 11.7. The second kappa shape index (κ2) is 9.25. The molecule has 38 heavy (non-hydrogen) atoms. The van der Waals surface area contributed by atoms with E-state index in [4.69, 9.17) is 4.98 Å². The summed E-state index contributed by atoms with van der Waals surface area (Å²) in [6, 6.07) is 13.9. The van der Waals surface area contributed by atoms with Gasteiger partial charge in [0, 0.05) is 22.9 Å². The highest BCUT2D eigenvalue weighted by molar-refractivity contribution is 5.97. The summed E-state index contributed by atoms with van der Waals surface area (Å²) >= 11 is 0. The number of amides is 2. The van der Waals surface area contributed by atoms with Crippen molar-refractivity contribution in [2.45, 2.75) is 77.2 Å². The van der Waals surface area contributed by atoms with E-state index in [9.17, 15) is 9.59 Å². The highest BCUT2D eigenvalue weighted by Gasteiger charge is 2.54. The smallest absolute Gasteiger partial charge is 0.251 e. The third-order valence-corrected chi connectivity index (χ3v) is 10.0. The van der Waals surface area contributed by atoms with Gasteiger partial charge in [0.15, 0.2) is 0 Å². The Labute approximate surface area is 224 Å². The maximum Gasteiger partial charge on any atom is 0.251 e. The van der Waals surface area contributed by atoms with Crippen LogP contribution in [0.15, 0.2) is 42.5 Å². The molecule has 0 saturated heterocycles. The van der Waals surface area contributed by atoms with Crippen molar-refractivity contribution in [1.82, 2.24) is 15.3 Å². The minimum atomic E-state index is -0.163. The fourth-order valence-electron chi connectivity index (χ4n) is 8.33. The van der Waals surface area contributed by atoms with Crippen LogP contribution in [0.1, 0.15) is 81.5 Å². The van der Waals surface area contributed by atoms with Crippen molar-refractivity contribution in [3.8, 4) is 11.4 Å². The molecule has 5 fully saturated rings. The molecule has 198 valence electrons. The predicted octanol–water partition coefficient (Wildman–Crippen LogP) is 6.69. The molecule has 0 spiro atoms. The van der Waals surface area contributed by atoms with Gasteiger partial charge in [0.05, 0.1) is 16.4 Å². The van der Waals surface area contributed by atoms with Gasteiger partial charge in [-0.1, -0.05) is 19.1 Å². The largest absolute Gasteiger partial charge is 0.349 e. The number of rotatable bonds is 5. The number of aromatic nitrogens is 2. The van der Waals surface area contributed by atoms with Gasteiger partial charge in [-0.3, -0.25) is 9.59 Å². The number of aromatic amines is 1. The molecular weight excluding hydrogens is 472 g/mol. The van der Waals surface area contributed by atoms with Crippen molar-refractivity contribution in [1.29, 1.82) is 0 Å². The molecule has 1 aromatic heterocycles. The lowest BCUT2D eigenvalue weighted by atomic mass is 9.49. The number of carbonyl (C=O) groups excluding carboxylic acids is 2. The fourth-order valence-corrected chi connectivity index (χ4v) is 8.33. The number of nitrogens with one attached hydrogen (secondary N) is 3. The number of anilines is 1. The molecule has 8 rings (SSSR count). The van der Waals surface area contributed by atoms with E-state index in [0.717, 1.165) is 83.9 Å². The standard InChI is InChI=1S/C32H38N4O2/c1-19-2-8-25(9-3-19)33-30(37)24-6-4-23(5-7-24)29-35-27-11-10-26(15-28(27)36-29)34-31(38)32-16-20-12-21(17-32)14-22(13-20)18-32/h4-7,10-11,15,19-22,25H,2-3,8-9,12-14,16-18H2,1H3,(H,33,37)(H,34,38)(H,35,36). The first kappa shape index (κ1) is 23.9. The number of carbonyl (C=O) groups is 2. The lowest BCUT2D eigenvalue weighted by Crippen LogP contribution is -2.51. The SMILES string of the molecule is CC1CCC(NC(=O)c2ccc(-c3nc4cc(NC(=O)C56CC7CC(CC(C7)C5)C6)ccc4[nH]3)cc2)CC1. The van der Waals surface area contributed by atoms with Crippen LogP contribution in [0.2, 0.25) is 0 Å². The van der Waals surface area contributed by atoms with E-state index in [1.165, 1.54) is 32.1 Å². The van der Waals surface area contributed by atoms with Gasteiger partial charge in [-0.15, -0.1) is 0 Å². The van der Waals surface area contributed by atoms with Gasteiger partial charge in [0.2, 0.25) is 5.91 Å². The molecule has 2 aromatic carbocycles. The van der Waals surface area contributed by atoms with Gasteiger partial charge in [-0.05, 0) is 118 Å². The molecule has 3 aromatic rings. The Morgan fingerprint density at radius 2 is 1.55 bits per heavy atom. The summed E-state index contributed by atoms with van der Waals surface area (Å²) in [5.74, 6) is 3.98. The van der Waals surface area contributed by atoms with Crippen LogP contribution in [0.4, 0.5) is 5.69 Å². The Kier molecular flexibility index (Phi) is 5.82. The highest BCUT2D eigenvalue weighted by atomic mass is 16.2. The van der Waals surface area contributed by atoms with E-state index in [1.807, 2.05) is 42.5 Å².